The van der Waals surface area contributed by atoms with Crippen LogP contribution in [0.1, 0.15) is 53.6 Å². The van der Waals surface area contributed by atoms with Gasteiger partial charge in [0.05, 0.1) is 0 Å². The number of carbonyl (C=O) groups excluding carboxylic acids is 1. The number of hydrogen-bond donors (Lipinski definition) is 1. The summed E-state index contributed by atoms with van der Waals surface area (Å²) in [5.41, 5.74) is 2.74. The summed E-state index contributed by atoms with van der Waals surface area (Å²) >= 11 is 7.85. The molecule has 0 bridgehead atoms. The number of carbonyl (C=O) groups is 1. The van der Waals surface area contributed by atoms with E-state index in [9.17, 15) is 4.79 Å². The lowest BCUT2D eigenvalue weighted by atomic mass is 9.94. The molecule has 1 aliphatic rings. The molecule has 2 heterocycles. The number of nitrogens with one attached hydrogen (secondary N) is 1. The van der Waals surface area contributed by atoms with Crippen LogP contribution in [-0.4, -0.2) is 33.9 Å². The van der Waals surface area contributed by atoms with Crippen LogP contribution in [0.4, 0.5) is 5.82 Å². The predicted octanol–water partition coefficient (Wildman–Crippen LogP) is 5.52. The van der Waals surface area contributed by atoms with Crippen molar-refractivity contribution in [2.24, 2.45) is 0 Å². The van der Waals surface area contributed by atoms with Gasteiger partial charge in [-0.05, 0) is 48.2 Å². The summed E-state index contributed by atoms with van der Waals surface area (Å²) in [5, 5.41) is 4.06. The normalized spacial score (nSPS) is 14.1. The maximum atomic E-state index is 12.4. The van der Waals surface area contributed by atoms with E-state index in [2.05, 4.69) is 27.2 Å². The Hall–Kier alpha value is -2.64. The molecular weight excluding hydrogens is 454 g/mol. The van der Waals surface area contributed by atoms with E-state index in [1.54, 1.807) is 24.2 Å². The van der Waals surface area contributed by atoms with Gasteiger partial charge in [0, 0.05) is 49.4 Å². The number of rotatable bonds is 8. The van der Waals surface area contributed by atoms with Gasteiger partial charge < -0.3 is 10.2 Å². The van der Waals surface area contributed by atoms with Crippen LogP contribution in [0.25, 0.3) is 0 Å². The van der Waals surface area contributed by atoms with Crippen molar-refractivity contribution >= 4 is 35.1 Å². The van der Waals surface area contributed by atoms with Crippen molar-refractivity contribution in [3.63, 3.8) is 0 Å². The van der Waals surface area contributed by atoms with Crippen molar-refractivity contribution in [1.82, 2.24) is 20.3 Å². The number of halogens is 1. The molecule has 6 nitrogen and oxygen atoms in total. The van der Waals surface area contributed by atoms with Gasteiger partial charge in [-0.15, -0.1) is 0 Å². The molecule has 33 heavy (non-hydrogen) atoms. The molecule has 8 heteroatoms. The molecule has 0 saturated heterocycles. The molecular formula is C25H28ClN5OS. The fourth-order valence-electron chi connectivity index (χ4n) is 3.97. The van der Waals surface area contributed by atoms with Gasteiger partial charge in [-0.2, -0.15) is 0 Å². The minimum absolute atomic E-state index is 0.0976. The number of amides is 1. The van der Waals surface area contributed by atoms with Crippen molar-refractivity contribution in [1.29, 1.82) is 0 Å². The topological polar surface area (TPSA) is 71.0 Å². The fraction of sp³-hybridized carbons (Fsp3) is 0.360. The van der Waals surface area contributed by atoms with Gasteiger partial charge >= 0.3 is 0 Å². The third kappa shape index (κ3) is 6.68. The van der Waals surface area contributed by atoms with Crippen LogP contribution in [0.2, 0.25) is 5.15 Å². The molecule has 1 amide bonds. The predicted molar refractivity (Wildman–Crippen MR) is 134 cm³/mol. The van der Waals surface area contributed by atoms with Crippen LogP contribution in [0.5, 0.6) is 0 Å². The number of benzene rings is 1. The summed E-state index contributed by atoms with van der Waals surface area (Å²) in [6.45, 7) is 0.475. The minimum atomic E-state index is -0.0976. The molecule has 172 valence electrons. The first kappa shape index (κ1) is 23.5. The second kappa shape index (κ2) is 11.5. The monoisotopic (exact) mass is 481 g/mol. The lowest BCUT2D eigenvalue weighted by molar-refractivity contribution is 0.0951. The van der Waals surface area contributed by atoms with E-state index < -0.39 is 0 Å². The lowest BCUT2D eigenvalue weighted by Gasteiger charge is -2.32. The van der Waals surface area contributed by atoms with Gasteiger partial charge in [-0.25, -0.2) is 9.97 Å². The number of anilines is 1. The number of thioether (sulfide) groups is 1. The third-order valence-electron chi connectivity index (χ3n) is 5.93. The Bertz CT molecular complexity index is 1060. The average molecular weight is 482 g/mol. The summed E-state index contributed by atoms with van der Waals surface area (Å²) in [7, 11) is 2.10. The second-order valence-corrected chi connectivity index (χ2v) is 9.59. The van der Waals surface area contributed by atoms with E-state index in [0.717, 1.165) is 16.9 Å². The summed E-state index contributed by atoms with van der Waals surface area (Å²) in [5.74, 6) is 1.48. The van der Waals surface area contributed by atoms with Gasteiger partial charge in [-0.1, -0.05) is 54.8 Å². The SMILES string of the molecule is CN(c1cc(Cl)nc(SCc2ccc(C(=O)NCc3ccncc3)cc2)n1)C1CCCCC1. The van der Waals surface area contributed by atoms with E-state index in [4.69, 9.17) is 16.6 Å². The van der Waals surface area contributed by atoms with Gasteiger partial charge in [0.1, 0.15) is 11.0 Å². The molecule has 3 aromatic rings. The van der Waals surface area contributed by atoms with Gasteiger partial charge in [-0.3, -0.25) is 9.78 Å². The first-order valence-corrected chi connectivity index (χ1v) is 12.6. The van der Waals surface area contributed by atoms with Crippen molar-refractivity contribution in [2.75, 3.05) is 11.9 Å². The highest BCUT2D eigenvalue weighted by molar-refractivity contribution is 7.98. The second-order valence-electron chi connectivity index (χ2n) is 8.26. The molecule has 0 spiro atoms. The van der Waals surface area contributed by atoms with Crippen molar-refractivity contribution in [3.05, 3.63) is 76.7 Å². The fourth-order valence-corrected chi connectivity index (χ4v) is 5.01. The molecule has 2 aromatic heterocycles. The van der Waals surface area contributed by atoms with Crippen molar-refractivity contribution in [2.45, 2.75) is 55.6 Å². The summed E-state index contributed by atoms with van der Waals surface area (Å²) in [6, 6.07) is 13.8. The Morgan fingerprint density at radius 3 is 2.52 bits per heavy atom. The van der Waals surface area contributed by atoms with E-state index in [1.807, 2.05) is 42.5 Å². The van der Waals surface area contributed by atoms with E-state index in [1.165, 1.54) is 32.1 Å². The van der Waals surface area contributed by atoms with Gasteiger partial charge in [0.2, 0.25) is 0 Å². The quantitative estimate of drug-likeness (QED) is 0.259. The molecule has 1 aliphatic carbocycles. The Morgan fingerprint density at radius 2 is 1.79 bits per heavy atom. The van der Waals surface area contributed by atoms with E-state index in [0.29, 0.717) is 34.2 Å². The Labute approximate surface area is 204 Å². The summed E-state index contributed by atoms with van der Waals surface area (Å²) < 4.78 is 0. The zero-order valence-corrected chi connectivity index (χ0v) is 20.3. The van der Waals surface area contributed by atoms with Crippen LogP contribution >= 0.6 is 23.4 Å². The maximum absolute atomic E-state index is 12.4. The summed E-state index contributed by atoms with van der Waals surface area (Å²) in [6.07, 6.45) is 9.69. The lowest BCUT2D eigenvalue weighted by Crippen LogP contribution is -2.34. The highest BCUT2D eigenvalue weighted by atomic mass is 35.5. The Morgan fingerprint density at radius 1 is 1.06 bits per heavy atom. The zero-order chi connectivity index (χ0) is 23.0. The van der Waals surface area contributed by atoms with Crippen molar-refractivity contribution < 1.29 is 4.79 Å². The highest BCUT2D eigenvalue weighted by Crippen LogP contribution is 2.28. The molecule has 0 atom stereocenters. The summed E-state index contributed by atoms with van der Waals surface area (Å²) in [4.78, 5) is 27.8. The average Bonchev–Trinajstić information content (AvgIpc) is 2.86. The Kier molecular flexibility index (Phi) is 8.18. The molecule has 4 rings (SSSR count). The van der Waals surface area contributed by atoms with Crippen molar-refractivity contribution in [3.8, 4) is 0 Å². The molecule has 1 saturated carbocycles. The van der Waals surface area contributed by atoms with E-state index >= 15 is 0 Å². The molecule has 1 aromatic carbocycles. The smallest absolute Gasteiger partial charge is 0.251 e. The molecule has 1 fully saturated rings. The zero-order valence-electron chi connectivity index (χ0n) is 18.7. The third-order valence-corrected chi connectivity index (χ3v) is 7.04. The van der Waals surface area contributed by atoms with E-state index in [-0.39, 0.29) is 5.91 Å². The highest BCUT2D eigenvalue weighted by Gasteiger charge is 2.20. The maximum Gasteiger partial charge on any atom is 0.251 e. The number of aromatic nitrogens is 3. The van der Waals surface area contributed by atoms with Gasteiger partial charge in [0.25, 0.3) is 5.91 Å². The molecule has 0 aliphatic heterocycles. The van der Waals surface area contributed by atoms with Crippen LogP contribution in [-0.2, 0) is 12.3 Å². The molecule has 0 radical (unpaired) electrons. The standard InChI is InChI=1S/C25H28ClN5OS/c1-31(21-5-3-2-4-6-21)23-15-22(26)29-25(30-23)33-17-19-7-9-20(10-8-19)24(32)28-16-18-11-13-27-14-12-18/h7-15,21H,2-6,16-17H2,1H3,(H,28,32). The number of hydrogen-bond acceptors (Lipinski definition) is 6. The first-order chi connectivity index (χ1) is 16.1. The minimum Gasteiger partial charge on any atom is -0.357 e. The largest absolute Gasteiger partial charge is 0.357 e. The van der Waals surface area contributed by atoms with Crippen LogP contribution in [0, 0.1) is 0 Å². The molecule has 1 N–H and O–H groups in total. The Balaban J connectivity index is 1.33. The van der Waals surface area contributed by atoms with Gasteiger partial charge in [0.15, 0.2) is 5.16 Å². The van der Waals surface area contributed by atoms with Crippen LogP contribution < -0.4 is 10.2 Å². The van der Waals surface area contributed by atoms with Crippen LogP contribution in [0.3, 0.4) is 0 Å². The first-order valence-electron chi connectivity index (χ1n) is 11.2. The van der Waals surface area contributed by atoms with Crippen LogP contribution in [0.15, 0.2) is 60.0 Å². The number of nitrogens with zero attached hydrogens (tertiary/aromatic N) is 4. The number of pyridine rings is 1. The molecule has 0 unspecified atom stereocenters.